The summed E-state index contributed by atoms with van der Waals surface area (Å²) < 4.78 is 14.2. The summed E-state index contributed by atoms with van der Waals surface area (Å²) in [6.45, 7) is 2.44. The molecule has 0 N–H and O–H groups in total. The second kappa shape index (κ2) is 7.81. The summed E-state index contributed by atoms with van der Waals surface area (Å²) in [5.41, 5.74) is 2.21. The molecule has 1 fully saturated rings. The Morgan fingerprint density at radius 1 is 1.20 bits per heavy atom. The molecule has 3 aromatic rings. The highest BCUT2D eigenvalue weighted by Crippen LogP contribution is 2.46. The maximum Gasteiger partial charge on any atom is 0.290 e. The standard InChI is InChI=1S/C21H26N6O3/c1-13-8-20(26(3)23-13)25(2)18-10-19(24-27(4)21(18)28)30-12-14-9-16(14)17-7-6-15(29-5)11-22-17/h6-8,10-11,14,16H,9,12H2,1-5H3/t14-,16+/m1/s1. The summed E-state index contributed by atoms with van der Waals surface area (Å²) in [5, 5.41) is 8.61. The van der Waals surface area contributed by atoms with Gasteiger partial charge in [-0.15, -0.1) is 5.10 Å². The van der Waals surface area contributed by atoms with Gasteiger partial charge < -0.3 is 14.4 Å². The monoisotopic (exact) mass is 410 g/mol. The van der Waals surface area contributed by atoms with Gasteiger partial charge >= 0.3 is 0 Å². The van der Waals surface area contributed by atoms with Crippen molar-refractivity contribution in [2.75, 3.05) is 25.7 Å². The van der Waals surface area contributed by atoms with Gasteiger partial charge in [0.1, 0.15) is 17.3 Å². The molecule has 0 aliphatic heterocycles. The van der Waals surface area contributed by atoms with Gasteiger partial charge in [-0.3, -0.25) is 14.5 Å². The first-order valence-electron chi connectivity index (χ1n) is 9.83. The summed E-state index contributed by atoms with van der Waals surface area (Å²) >= 11 is 0. The molecule has 158 valence electrons. The van der Waals surface area contributed by atoms with E-state index >= 15 is 0 Å². The van der Waals surface area contributed by atoms with Crippen LogP contribution in [0.4, 0.5) is 11.5 Å². The Bertz CT molecular complexity index is 1100. The highest BCUT2D eigenvalue weighted by molar-refractivity contribution is 5.59. The van der Waals surface area contributed by atoms with E-state index in [0.29, 0.717) is 30.0 Å². The van der Waals surface area contributed by atoms with Crippen molar-refractivity contribution in [2.24, 2.45) is 20.0 Å². The van der Waals surface area contributed by atoms with E-state index in [2.05, 4.69) is 15.2 Å². The van der Waals surface area contributed by atoms with Crippen molar-refractivity contribution < 1.29 is 9.47 Å². The van der Waals surface area contributed by atoms with Gasteiger partial charge in [0, 0.05) is 50.8 Å². The zero-order chi connectivity index (χ0) is 21.4. The number of methoxy groups -OCH3 is 1. The Morgan fingerprint density at radius 3 is 2.63 bits per heavy atom. The van der Waals surface area contributed by atoms with Crippen LogP contribution in [0.1, 0.15) is 23.7 Å². The Labute approximate surface area is 174 Å². The fraction of sp³-hybridized carbons (Fsp3) is 0.429. The van der Waals surface area contributed by atoms with Crippen molar-refractivity contribution in [1.82, 2.24) is 24.5 Å². The fourth-order valence-corrected chi connectivity index (χ4v) is 3.63. The first-order valence-corrected chi connectivity index (χ1v) is 9.83. The quantitative estimate of drug-likeness (QED) is 0.590. The average molecular weight is 410 g/mol. The Morgan fingerprint density at radius 2 is 2.00 bits per heavy atom. The number of pyridine rings is 1. The van der Waals surface area contributed by atoms with Crippen LogP contribution in [0.2, 0.25) is 0 Å². The van der Waals surface area contributed by atoms with Crippen LogP contribution in [0.3, 0.4) is 0 Å². The van der Waals surface area contributed by atoms with Gasteiger partial charge in [-0.25, -0.2) is 4.68 Å². The summed E-state index contributed by atoms with van der Waals surface area (Å²) in [6.07, 6.45) is 2.76. The lowest BCUT2D eigenvalue weighted by molar-refractivity contribution is 0.278. The molecule has 3 aromatic heterocycles. The SMILES string of the molecule is COc1ccc([C@H]2C[C@@H]2COc2cc(N(C)c3cc(C)nn3C)c(=O)n(C)n2)nc1. The van der Waals surface area contributed by atoms with Crippen LogP contribution >= 0.6 is 0 Å². The average Bonchev–Trinajstić information content (AvgIpc) is 3.44. The molecule has 9 heteroatoms. The van der Waals surface area contributed by atoms with Crippen LogP contribution in [-0.2, 0) is 14.1 Å². The van der Waals surface area contributed by atoms with Crippen molar-refractivity contribution in [3.63, 3.8) is 0 Å². The molecule has 1 aliphatic rings. The first kappa shape index (κ1) is 19.9. The van der Waals surface area contributed by atoms with Gasteiger partial charge in [0.2, 0.25) is 5.88 Å². The van der Waals surface area contributed by atoms with Crippen LogP contribution in [0.5, 0.6) is 11.6 Å². The van der Waals surface area contributed by atoms with E-state index in [1.165, 1.54) is 4.68 Å². The molecule has 3 heterocycles. The fourth-order valence-electron chi connectivity index (χ4n) is 3.63. The number of nitrogens with zero attached hydrogens (tertiary/aromatic N) is 6. The van der Waals surface area contributed by atoms with E-state index < -0.39 is 0 Å². The van der Waals surface area contributed by atoms with Crippen molar-refractivity contribution >= 4 is 11.5 Å². The largest absolute Gasteiger partial charge is 0.495 e. The zero-order valence-corrected chi connectivity index (χ0v) is 17.9. The van der Waals surface area contributed by atoms with Crippen LogP contribution in [-0.4, -0.2) is 45.3 Å². The van der Waals surface area contributed by atoms with Crippen LogP contribution < -0.4 is 19.9 Å². The topological polar surface area (TPSA) is 87.3 Å². The molecule has 0 radical (unpaired) electrons. The highest BCUT2D eigenvalue weighted by atomic mass is 16.5. The predicted molar refractivity (Wildman–Crippen MR) is 113 cm³/mol. The molecule has 0 saturated heterocycles. The smallest absolute Gasteiger partial charge is 0.290 e. The molecule has 9 nitrogen and oxygen atoms in total. The summed E-state index contributed by atoms with van der Waals surface area (Å²) in [6, 6.07) is 7.54. The Balaban J connectivity index is 1.46. The van der Waals surface area contributed by atoms with Gasteiger partial charge in [0.15, 0.2) is 0 Å². The second-order valence-corrected chi connectivity index (χ2v) is 7.66. The number of ether oxygens (including phenoxy) is 2. The lowest BCUT2D eigenvalue weighted by Gasteiger charge is -2.19. The summed E-state index contributed by atoms with van der Waals surface area (Å²) in [4.78, 5) is 18.9. The number of hydrogen-bond acceptors (Lipinski definition) is 7. The maximum absolute atomic E-state index is 12.6. The third kappa shape index (κ3) is 3.87. The van der Waals surface area contributed by atoms with E-state index in [1.54, 1.807) is 36.0 Å². The molecule has 0 bridgehead atoms. The van der Waals surface area contributed by atoms with E-state index in [9.17, 15) is 4.79 Å². The molecule has 0 unspecified atom stereocenters. The van der Waals surface area contributed by atoms with E-state index in [0.717, 1.165) is 29.4 Å². The molecule has 1 saturated carbocycles. The van der Waals surface area contributed by atoms with Gasteiger partial charge in [-0.05, 0) is 25.5 Å². The molecule has 2 atom stereocenters. The predicted octanol–water partition coefficient (Wildman–Crippen LogP) is 2.18. The normalized spacial score (nSPS) is 17.6. The molecule has 30 heavy (non-hydrogen) atoms. The lowest BCUT2D eigenvalue weighted by Crippen LogP contribution is -2.28. The molecular weight excluding hydrogens is 384 g/mol. The minimum Gasteiger partial charge on any atom is -0.495 e. The number of aromatic nitrogens is 5. The van der Waals surface area contributed by atoms with Gasteiger partial charge in [-0.1, -0.05) is 0 Å². The highest BCUT2D eigenvalue weighted by Gasteiger charge is 2.40. The molecule has 4 rings (SSSR count). The van der Waals surface area contributed by atoms with Gasteiger partial charge in [-0.2, -0.15) is 5.10 Å². The third-order valence-corrected chi connectivity index (χ3v) is 5.45. The summed E-state index contributed by atoms with van der Waals surface area (Å²) in [5.74, 6) is 2.75. The van der Waals surface area contributed by atoms with Crippen LogP contribution in [0, 0.1) is 12.8 Å². The number of aryl methyl sites for hydroxylation is 3. The molecule has 0 spiro atoms. The van der Waals surface area contributed by atoms with Crippen LogP contribution in [0.15, 0.2) is 35.3 Å². The van der Waals surface area contributed by atoms with Crippen molar-refractivity contribution in [3.8, 4) is 11.6 Å². The van der Waals surface area contributed by atoms with Gasteiger partial charge in [0.05, 0.1) is 25.6 Å². The van der Waals surface area contributed by atoms with Crippen molar-refractivity contribution in [3.05, 3.63) is 52.2 Å². The van der Waals surface area contributed by atoms with E-state index in [4.69, 9.17) is 9.47 Å². The second-order valence-electron chi connectivity index (χ2n) is 7.66. The molecular formula is C21H26N6O3. The minimum absolute atomic E-state index is 0.199. The Hall–Kier alpha value is -3.36. The first-order chi connectivity index (χ1) is 14.4. The van der Waals surface area contributed by atoms with Crippen molar-refractivity contribution in [2.45, 2.75) is 19.3 Å². The third-order valence-electron chi connectivity index (χ3n) is 5.45. The molecule has 0 aromatic carbocycles. The lowest BCUT2D eigenvalue weighted by atomic mass is 10.2. The minimum atomic E-state index is -0.199. The van der Waals surface area contributed by atoms with Crippen LogP contribution in [0.25, 0.3) is 0 Å². The van der Waals surface area contributed by atoms with Crippen molar-refractivity contribution in [1.29, 1.82) is 0 Å². The summed E-state index contributed by atoms with van der Waals surface area (Å²) in [7, 11) is 6.94. The maximum atomic E-state index is 12.6. The Kier molecular flexibility index (Phi) is 5.19. The molecule has 1 aliphatic carbocycles. The van der Waals surface area contributed by atoms with E-state index in [1.807, 2.05) is 39.2 Å². The number of hydrogen-bond donors (Lipinski definition) is 0. The number of anilines is 2. The zero-order valence-electron chi connectivity index (χ0n) is 17.9. The number of rotatable bonds is 7. The van der Waals surface area contributed by atoms with Gasteiger partial charge in [0.25, 0.3) is 5.56 Å². The molecule has 0 amide bonds. The van der Waals surface area contributed by atoms with E-state index in [-0.39, 0.29) is 5.56 Å².